The zero-order chi connectivity index (χ0) is 13.4. The molecule has 1 aromatic heterocycles. The van der Waals surface area contributed by atoms with E-state index in [-0.39, 0.29) is 24.4 Å². The number of halogens is 1. The van der Waals surface area contributed by atoms with Gasteiger partial charge in [-0.25, -0.2) is 9.97 Å². The second-order valence-electron chi connectivity index (χ2n) is 4.77. The summed E-state index contributed by atoms with van der Waals surface area (Å²) in [6, 6.07) is 5.42. The molecule has 1 saturated heterocycles. The van der Waals surface area contributed by atoms with Crippen molar-refractivity contribution in [3.63, 3.8) is 0 Å². The van der Waals surface area contributed by atoms with Crippen molar-refractivity contribution >= 4 is 35.0 Å². The summed E-state index contributed by atoms with van der Waals surface area (Å²) >= 11 is 0. The van der Waals surface area contributed by atoms with Gasteiger partial charge in [-0.3, -0.25) is 4.79 Å². The number of fused-ring (bicyclic) bond motifs is 1. The number of carbonyl (C=O) groups is 1. The Morgan fingerprint density at radius 1 is 1.35 bits per heavy atom. The molecule has 1 aromatic carbocycles. The molecule has 0 spiro atoms. The third-order valence-corrected chi connectivity index (χ3v) is 3.44. The van der Waals surface area contributed by atoms with Gasteiger partial charge in [0.2, 0.25) is 5.91 Å². The standard InChI is InChI=1S/C13H15N5O.ClH/c14-10-3-4-18(13(10)19)6-8-1-2-9-11(5-8)16-7-17-12(9)15;/h1-2,5,7,10H,3-4,6,14H2,(H2,15,16,17);1H. The fraction of sp³-hybridized carbons (Fsp3) is 0.308. The minimum absolute atomic E-state index is 0. The van der Waals surface area contributed by atoms with E-state index in [0.717, 1.165) is 22.9 Å². The second-order valence-corrected chi connectivity index (χ2v) is 4.77. The highest BCUT2D eigenvalue weighted by Crippen LogP contribution is 2.20. The first kappa shape index (κ1) is 14.5. The van der Waals surface area contributed by atoms with E-state index in [1.165, 1.54) is 6.33 Å². The number of nitrogen functional groups attached to an aromatic ring is 1. The van der Waals surface area contributed by atoms with E-state index in [9.17, 15) is 4.79 Å². The van der Waals surface area contributed by atoms with Gasteiger partial charge < -0.3 is 16.4 Å². The molecular formula is C13H16ClN5O. The van der Waals surface area contributed by atoms with E-state index in [2.05, 4.69) is 9.97 Å². The summed E-state index contributed by atoms with van der Waals surface area (Å²) in [6.07, 6.45) is 2.17. The molecule has 2 aromatic rings. The smallest absolute Gasteiger partial charge is 0.239 e. The Hall–Kier alpha value is -1.92. The van der Waals surface area contributed by atoms with Crippen LogP contribution in [-0.4, -0.2) is 33.4 Å². The maximum Gasteiger partial charge on any atom is 0.239 e. The summed E-state index contributed by atoms with van der Waals surface area (Å²) in [5.41, 5.74) is 13.3. The Kier molecular flexibility index (Phi) is 4.06. The molecular weight excluding hydrogens is 278 g/mol. The monoisotopic (exact) mass is 293 g/mol. The van der Waals surface area contributed by atoms with Gasteiger partial charge in [0, 0.05) is 18.5 Å². The van der Waals surface area contributed by atoms with Crippen molar-refractivity contribution in [2.24, 2.45) is 5.73 Å². The molecule has 2 heterocycles. The molecule has 20 heavy (non-hydrogen) atoms. The zero-order valence-corrected chi connectivity index (χ0v) is 11.6. The van der Waals surface area contributed by atoms with Crippen LogP contribution in [0.1, 0.15) is 12.0 Å². The molecule has 7 heteroatoms. The van der Waals surface area contributed by atoms with E-state index in [1.54, 1.807) is 4.90 Å². The van der Waals surface area contributed by atoms with Crippen LogP contribution in [0.5, 0.6) is 0 Å². The number of amides is 1. The third kappa shape index (κ3) is 2.52. The Morgan fingerprint density at radius 3 is 2.85 bits per heavy atom. The van der Waals surface area contributed by atoms with E-state index in [4.69, 9.17) is 11.5 Å². The summed E-state index contributed by atoms with van der Waals surface area (Å²) in [7, 11) is 0. The van der Waals surface area contributed by atoms with Crippen LogP contribution in [0.25, 0.3) is 10.9 Å². The van der Waals surface area contributed by atoms with Crippen LogP contribution < -0.4 is 11.5 Å². The predicted octanol–water partition coefficient (Wildman–Crippen LogP) is 0.693. The number of likely N-dealkylation sites (tertiary alicyclic amines) is 1. The number of aromatic nitrogens is 2. The van der Waals surface area contributed by atoms with Crippen molar-refractivity contribution in [1.29, 1.82) is 0 Å². The van der Waals surface area contributed by atoms with Crippen LogP contribution in [0.4, 0.5) is 5.82 Å². The molecule has 6 nitrogen and oxygen atoms in total. The number of hydrogen-bond acceptors (Lipinski definition) is 5. The lowest BCUT2D eigenvalue weighted by molar-refractivity contribution is -0.129. The minimum Gasteiger partial charge on any atom is -0.383 e. The lowest BCUT2D eigenvalue weighted by Gasteiger charge is -2.16. The molecule has 0 saturated carbocycles. The highest BCUT2D eigenvalue weighted by Gasteiger charge is 2.28. The molecule has 106 valence electrons. The van der Waals surface area contributed by atoms with Gasteiger partial charge >= 0.3 is 0 Å². The van der Waals surface area contributed by atoms with Crippen molar-refractivity contribution in [3.8, 4) is 0 Å². The van der Waals surface area contributed by atoms with Gasteiger partial charge in [0.15, 0.2) is 0 Å². The molecule has 1 aliphatic heterocycles. The summed E-state index contributed by atoms with van der Waals surface area (Å²) in [5.74, 6) is 0.484. The average Bonchev–Trinajstić information content (AvgIpc) is 2.71. The fourth-order valence-electron chi connectivity index (χ4n) is 2.36. The van der Waals surface area contributed by atoms with E-state index in [1.807, 2.05) is 18.2 Å². The van der Waals surface area contributed by atoms with E-state index >= 15 is 0 Å². The lowest BCUT2D eigenvalue weighted by atomic mass is 10.1. The number of benzene rings is 1. The zero-order valence-electron chi connectivity index (χ0n) is 10.8. The summed E-state index contributed by atoms with van der Waals surface area (Å²) < 4.78 is 0. The molecule has 4 N–H and O–H groups in total. The largest absolute Gasteiger partial charge is 0.383 e. The summed E-state index contributed by atoms with van der Waals surface area (Å²) in [5, 5.41) is 0.829. The van der Waals surface area contributed by atoms with Crippen molar-refractivity contribution in [2.75, 3.05) is 12.3 Å². The molecule has 3 rings (SSSR count). The minimum atomic E-state index is -0.349. The summed E-state index contributed by atoms with van der Waals surface area (Å²) in [6.45, 7) is 1.27. The number of hydrogen-bond donors (Lipinski definition) is 2. The van der Waals surface area contributed by atoms with Crippen molar-refractivity contribution in [3.05, 3.63) is 30.1 Å². The highest BCUT2D eigenvalue weighted by molar-refractivity contribution is 5.88. The van der Waals surface area contributed by atoms with Crippen LogP contribution in [0.3, 0.4) is 0 Å². The quantitative estimate of drug-likeness (QED) is 0.849. The Balaban J connectivity index is 0.00000147. The number of carbonyl (C=O) groups excluding carboxylic acids is 1. The molecule has 1 fully saturated rings. The molecule has 0 bridgehead atoms. The molecule has 1 aliphatic rings. The number of nitrogens with zero attached hydrogens (tertiary/aromatic N) is 3. The van der Waals surface area contributed by atoms with Gasteiger partial charge in [-0.05, 0) is 24.1 Å². The van der Waals surface area contributed by atoms with Crippen molar-refractivity contribution < 1.29 is 4.79 Å². The highest BCUT2D eigenvalue weighted by atomic mass is 35.5. The third-order valence-electron chi connectivity index (χ3n) is 3.44. The lowest BCUT2D eigenvalue weighted by Crippen LogP contribution is -2.33. The first-order valence-electron chi connectivity index (χ1n) is 6.18. The van der Waals surface area contributed by atoms with Crippen LogP contribution in [0, 0.1) is 0 Å². The number of nitrogens with two attached hydrogens (primary N) is 2. The van der Waals surface area contributed by atoms with Gasteiger partial charge in [0.1, 0.15) is 12.1 Å². The molecule has 0 aliphatic carbocycles. The maximum atomic E-state index is 11.8. The molecule has 0 radical (unpaired) electrons. The second kappa shape index (κ2) is 5.60. The SMILES string of the molecule is Cl.Nc1ncnc2cc(CN3CCC(N)C3=O)ccc12. The van der Waals surface area contributed by atoms with Crippen molar-refractivity contribution in [1.82, 2.24) is 14.9 Å². The first-order chi connectivity index (χ1) is 9.15. The van der Waals surface area contributed by atoms with E-state index in [0.29, 0.717) is 18.9 Å². The topological polar surface area (TPSA) is 98.1 Å². The van der Waals surface area contributed by atoms with Crippen LogP contribution in [0.15, 0.2) is 24.5 Å². The predicted molar refractivity (Wildman–Crippen MR) is 79.2 cm³/mol. The van der Waals surface area contributed by atoms with Crippen LogP contribution >= 0.6 is 12.4 Å². The maximum absolute atomic E-state index is 11.8. The van der Waals surface area contributed by atoms with Gasteiger partial charge in [0.05, 0.1) is 11.6 Å². The molecule has 1 atom stereocenters. The Labute approximate surface area is 122 Å². The fourth-order valence-corrected chi connectivity index (χ4v) is 2.36. The van der Waals surface area contributed by atoms with Crippen LogP contribution in [0.2, 0.25) is 0 Å². The van der Waals surface area contributed by atoms with Gasteiger partial charge in [0.25, 0.3) is 0 Å². The molecule has 1 amide bonds. The number of anilines is 1. The first-order valence-corrected chi connectivity index (χ1v) is 6.18. The van der Waals surface area contributed by atoms with Crippen LogP contribution in [-0.2, 0) is 11.3 Å². The normalized spacial score (nSPS) is 18.4. The van der Waals surface area contributed by atoms with Gasteiger partial charge in [-0.2, -0.15) is 0 Å². The Morgan fingerprint density at radius 2 is 2.15 bits per heavy atom. The number of rotatable bonds is 2. The van der Waals surface area contributed by atoms with Crippen molar-refractivity contribution in [2.45, 2.75) is 19.0 Å². The molecule has 1 unspecified atom stereocenters. The van der Waals surface area contributed by atoms with E-state index < -0.39 is 0 Å². The summed E-state index contributed by atoms with van der Waals surface area (Å²) in [4.78, 5) is 21.7. The average molecular weight is 294 g/mol. The Bertz CT molecular complexity index is 648. The van der Waals surface area contributed by atoms with Gasteiger partial charge in [-0.15, -0.1) is 12.4 Å². The van der Waals surface area contributed by atoms with Gasteiger partial charge in [-0.1, -0.05) is 6.07 Å².